The summed E-state index contributed by atoms with van der Waals surface area (Å²) in [7, 11) is 1.35. The zero-order valence-corrected chi connectivity index (χ0v) is 19.8. The van der Waals surface area contributed by atoms with E-state index in [-0.39, 0.29) is 18.1 Å². The van der Waals surface area contributed by atoms with Gasteiger partial charge in [0.15, 0.2) is 5.69 Å². The summed E-state index contributed by atoms with van der Waals surface area (Å²) in [6.07, 6.45) is -3.12. The molecule has 0 aliphatic carbocycles. The first kappa shape index (κ1) is 25.8. The molecule has 0 N–H and O–H groups in total. The summed E-state index contributed by atoms with van der Waals surface area (Å²) in [5, 5.41) is 7.24. The molecule has 7 nitrogen and oxygen atoms in total. The molecule has 0 aliphatic rings. The number of aryl methyl sites for hydroxylation is 1. The van der Waals surface area contributed by atoms with Crippen molar-refractivity contribution >= 4 is 12.2 Å². The van der Waals surface area contributed by atoms with Crippen molar-refractivity contribution in [3.63, 3.8) is 0 Å². The third-order valence-electron chi connectivity index (χ3n) is 5.15. The number of hydrogen-bond donors (Lipinski definition) is 0. The summed E-state index contributed by atoms with van der Waals surface area (Å²) in [6, 6.07) is 14.9. The Labute approximate surface area is 201 Å². The van der Waals surface area contributed by atoms with Crippen LogP contribution in [-0.2, 0) is 29.4 Å². The van der Waals surface area contributed by atoms with E-state index in [1.165, 1.54) is 7.05 Å². The maximum absolute atomic E-state index is 13.5. The zero-order chi connectivity index (χ0) is 25.6. The molecule has 0 atom stereocenters. The largest absolute Gasteiger partial charge is 0.456 e. The molecule has 3 rings (SSSR count). The molecule has 0 spiro atoms. The first-order valence-electron chi connectivity index (χ1n) is 10.8. The molecule has 0 amide bonds. The van der Waals surface area contributed by atoms with E-state index < -0.39 is 23.4 Å². The van der Waals surface area contributed by atoms with Crippen molar-refractivity contribution in [2.24, 2.45) is 12.2 Å². The number of benzene rings is 2. The summed E-state index contributed by atoms with van der Waals surface area (Å²) in [5.41, 5.74) is -1.03. The third kappa shape index (κ3) is 6.84. The number of para-hydroxylation sites is 1. The lowest BCUT2D eigenvalue weighted by molar-refractivity contribution is -0.141. The summed E-state index contributed by atoms with van der Waals surface area (Å²) in [6.45, 7) is 5.55. The van der Waals surface area contributed by atoms with E-state index in [9.17, 15) is 18.0 Å². The fourth-order valence-corrected chi connectivity index (χ4v) is 2.89. The van der Waals surface area contributed by atoms with Gasteiger partial charge < -0.3 is 14.3 Å². The Hall–Kier alpha value is -3.82. The van der Waals surface area contributed by atoms with Crippen LogP contribution < -0.4 is 4.74 Å². The van der Waals surface area contributed by atoms with Crippen molar-refractivity contribution in [2.75, 3.05) is 0 Å². The maximum Gasteiger partial charge on any atom is 0.435 e. The second-order valence-corrected chi connectivity index (χ2v) is 8.31. The monoisotopic (exact) mass is 489 g/mol. The molecule has 0 bridgehead atoms. The highest BCUT2D eigenvalue weighted by Crippen LogP contribution is 2.36. The van der Waals surface area contributed by atoms with Gasteiger partial charge in [-0.3, -0.25) is 0 Å². The van der Waals surface area contributed by atoms with Crippen LogP contribution in [0.5, 0.6) is 11.6 Å². The molecule has 0 aliphatic heterocycles. The van der Waals surface area contributed by atoms with Crippen molar-refractivity contribution in [2.45, 2.75) is 45.6 Å². The van der Waals surface area contributed by atoms with Gasteiger partial charge in [0.1, 0.15) is 18.0 Å². The Bertz CT molecular complexity index is 1170. The number of oxime groups is 1. The standard InChI is InChI=1S/C25H26F3N3O4/c1-5-24(2,3)35-23(32)18-13-11-17(12-14-18)16-33-29-15-20-21(25(26,27)28)30-31(4)22(20)34-19-9-7-6-8-10-19/h6-15H,5,16H2,1-4H3/b29-15+. The number of carbonyl (C=O) groups is 1. The predicted molar refractivity (Wildman–Crippen MR) is 123 cm³/mol. The Kier molecular flexibility index (Phi) is 7.83. The lowest BCUT2D eigenvalue weighted by Gasteiger charge is -2.23. The molecule has 35 heavy (non-hydrogen) atoms. The second-order valence-electron chi connectivity index (χ2n) is 8.31. The van der Waals surface area contributed by atoms with Crippen LogP contribution in [0.2, 0.25) is 0 Å². The van der Waals surface area contributed by atoms with E-state index in [1.807, 2.05) is 20.8 Å². The van der Waals surface area contributed by atoms with Gasteiger partial charge in [-0.25, -0.2) is 9.48 Å². The van der Waals surface area contributed by atoms with Gasteiger partial charge in [0.2, 0.25) is 5.88 Å². The normalized spacial score (nSPS) is 12.1. The van der Waals surface area contributed by atoms with Gasteiger partial charge in [0.05, 0.1) is 17.3 Å². The molecule has 186 valence electrons. The predicted octanol–water partition coefficient (Wildman–Crippen LogP) is 6.13. The summed E-state index contributed by atoms with van der Waals surface area (Å²) in [4.78, 5) is 17.4. The van der Waals surface area contributed by atoms with Crippen LogP contribution in [0.1, 0.15) is 54.4 Å². The van der Waals surface area contributed by atoms with Crippen LogP contribution in [0, 0.1) is 0 Å². The number of rotatable bonds is 9. The Balaban J connectivity index is 1.70. The third-order valence-corrected chi connectivity index (χ3v) is 5.15. The number of esters is 1. The summed E-state index contributed by atoms with van der Waals surface area (Å²) >= 11 is 0. The Morgan fingerprint density at radius 1 is 1.09 bits per heavy atom. The van der Waals surface area contributed by atoms with Crippen molar-refractivity contribution in [3.8, 4) is 11.6 Å². The topological polar surface area (TPSA) is 74.9 Å². The van der Waals surface area contributed by atoms with Gasteiger partial charge in [-0.15, -0.1) is 0 Å². The van der Waals surface area contributed by atoms with Crippen LogP contribution in [-0.4, -0.2) is 27.6 Å². The summed E-state index contributed by atoms with van der Waals surface area (Å²) < 4.78 is 52.6. The zero-order valence-electron chi connectivity index (χ0n) is 19.8. The van der Waals surface area contributed by atoms with E-state index in [4.69, 9.17) is 14.3 Å². The lowest BCUT2D eigenvalue weighted by Crippen LogP contribution is -2.27. The van der Waals surface area contributed by atoms with Gasteiger partial charge in [0.25, 0.3) is 0 Å². The second kappa shape index (κ2) is 10.6. The molecule has 0 radical (unpaired) electrons. The van der Waals surface area contributed by atoms with Crippen LogP contribution in [0.4, 0.5) is 13.2 Å². The first-order valence-corrected chi connectivity index (χ1v) is 10.8. The number of alkyl halides is 3. The van der Waals surface area contributed by atoms with Crippen molar-refractivity contribution < 1.29 is 32.3 Å². The molecule has 3 aromatic rings. The molecule has 10 heteroatoms. The average molecular weight is 489 g/mol. The fourth-order valence-electron chi connectivity index (χ4n) is 2.89. The van der Waals surface area contributed by atoms with Gasteiger partial charge in [-0.05, 0) is 50.1 Å². The molecule has 1 heterocycles. The SMILES string of the molecule is CCC(C)(C)OC(=O)c1ccc(CO/N=C/c2c(C(F)(F)F)nn(C)c2Oc2ccccc2)cc1. The number of nitrogens with zero attached hydrogens (tertiary/aromatic N) is 3. The van der Waals surface area contributed by atoms with E-state index in [2.05, 4.69) is 10.3 Å². The molecule has 0 unspecified atom stereocenters. The van der Waals surface area contributed by atoms with Gasteiger partial charge in [0, 0.05) is 7.05 Å². The van der Waals surface area contributed by atoms with Gasteiger partial charge in [-0.2, -0.15) is 18.3 Å². The number of ether oxygens (including phenoxy) is 2. The minimum Gasteiger partial charge on any atom is -0.456 e. The minimum absolute atomic E-state index is 0.0250. The highest BCUT2D eigenvalue weighted by atomic mass is 19.4. The molecule has 1 aromatic heterocycles. The van der Waals surface area contributed by atoms with Gasteiger partial charge in [-0.1, -0.05) is 42.4 Å². The Morgan fingerprint density at radius 2 is 1.74 bits per heavy atom. The van der Waals surface area contributed by atoms with Gasteiger partial charge >= 0.3 is 12.1 Å². The number of carbonyl (C=O) groups excluding carboxylic acids is 1. The lowest BCUT2D eigenvalue weighted by atomic mass is 10.1. The molecule has 2 aromatic carbocycles. The summed E-state index contributed by atoms with van der Waals surface area (Å²) in [5.74, 6) is -0.223. The highest BCUT2D eigenvalue weighted by molar-refractivity contribution is 5.89. The fraction of sp³-hybridized carbons (Fsp3) is 0.320. The quantitative estimate of drug-likeness (QED) is 0.205. The average Bonchev–Trinajstić information content (AvgIpc) is 3.13. The molecular weight excluding hydrogens is 463 g/mol. The number of hydrogen-bond acceptors (Lipinski definition) is 6. The minimum atomic E-state index is -4.71. The van der Waals surface area contributed by atoms with E-state index >= 15 is 0 Å². The molecular formula is C25H26F3N3O4. The van der Waals surface area contributed by atoms with Crippen molar-refractivity contribution in [3.05, 3.63) is 77.0 Å². The highest BCUT2D eigenvalue weighted by Gasteiger charge is 2.39. The van der Waals surface area contributed by atoms with Crippen molar-refractivity contribution in [1.82, 2.24) is 9.78 Å². The first-order chi connectivity index (χ1) is 16.5. The molecule has 0 saturated carbocycles. The van der Waals surface area contributed by atoms with Crippen molar-refractivity contribution in [1.29, 1.82) is 0 Å². The van der Waals surface area contributed by atoms with Crippen LogP contribution in [0.3, 0.4) is 0 Å². The number of halogens is 3. The van der Waals surface area contributed by atoms with Crippen LogP contribution in [0.25, 0.3) is 0 Å². The van der Waals surface area contributed by atoms with E-state index in [0.29, 0.717) is 23.3 Å². The van der Waals surface area contributed by atoms with E-state index in [1.54, 1.807) is 54.6 Å². The number of aromatic nitrogens is 2. The Morgan fingerprint density at radius 3 is 2.34 bits per heavy atom. The molecule has 0 saturated heterocycles. The molecule has 0 fully saturated rings. The van der Waals surface area contributed by atoms with Crippen LogP contribution >= 0.6 is 0 Å². The maximum atomic E-state index is 13.5. The van der Waals surface area contributed by atoms with Crippen LogP contribution in [0.15, 0.2) is 59.8 Å². The smallest absolute Gasteiger partial charge is 0.435 e. The van der Waals surface area contributed by atoms with E-state index in [0.717, 1.165) is 10.9 Å².